The lowest BCUT2D eigenvalue weighted by molar-refractivity contribution is 0.0599. The zero-order valence-corrected chi connectivity index (χ0v) is 9.97. The summed E-state index contributed by atoms with van der Waals surface area (Å²) in [7, 11) is 1.32. The first-order chi connectivity index (χ1) is 7.69. The average molecular weight is 238 g/mol. The van der Waals surface area contributed by atoms with Gasteiger partial charge in [-0.05, 0) is 23.6 Å². The summed E-state index contributed by atoms with van der Waals surface area (Å²) in [4.78, 5) is 11.5. The molecule has 4 heteroatoms. The number of halogens is 1. The van der Waals surface area contributed by atoms with Crippen molar-refractivity contribution < 1.29 is 9.53 Å². The first-order valence-electron chi connectivity index (χ1n) is 4.88. The summed E-state index contributed by atoms with van der Waals surface area (Å²) in [6, 6.07) is 5.44. The molecule has 0 aliphatic heterocycles. The van der Waals surface area contributed by atoms with Gasteiger partial charge >= 0.3 is 5.97 Å². The van der Waals surface area contributed by atoms with Crippen LogP contribution in [0.3, 0.4) is 0 Å². The van der Waals surface area contributed by atoms with Gasteiger partial charge in [-0.1, -0.05) is 13.0 Å². The number of carbonyl (C=O) groups excluding carboxylic acids is 1. The highest BCUT2D eigenvalue weighted by molar-refractivity contribution is 6.17. The number of hydrogen-bond acceptors (Lipinski definition) is 3. The van der Waals surface area contributed by atoms with E-state index in [1.807, 2.05) is 6.92 Å². The number of rotatable bonds is 3. The summed E-state index contributed by atoms with van der Waals surface area (Å²) in [5.74, 6) is -0.161. The molecule has 1 rings (SSSR count). The second-order valence-electron chi connectivity index (χ2n) is 3.22. The molecule has 0 heterocycles. The van der Waals surface area contributed by atoms with Crippen molar-refractivity contribution in [3.8, 4) is 6.07 Å². The van der Waals surface area contributed by atoms with E-state index in [2.05, 4.69) is 10.8 Å². The molecule has 16 heavy (non-hydrogen) atoms. The molecule has 0 N–H and O–H groups in total. The highest BCUT2D eigenvalue weighted by atomic mass is 35.5. The number of methoxy groups -OCH3 is 1. The first-order valence-corrected chi connectivity index (χ1v) is 5.42. The summed E-state index contributed by atoms with van der Waals surface area (Å²) in [6.45, 7) is 1.89. The quantitative estimate of drug-likeness (QED) is 0.600. The molecular weight excluding hydrogens is 226 g/mol. The number of nitrogens with zero attached hydrogens (tertiary/aromatic N) is 1. The van der Waals surface area contributed by atoms with Crippen molar-refractivity contribution in [3.05, 3.63) is 34.4 Å². The van der Waals surface area contributed by atoms with E-state index in [0.717, 1.165) is 5.56 Å². The highest BCUT2D eigenvalue weighted by Crippen LogP contribution is 2.21. The number of carbonyl (C=O) groups is 1. The van der Waals surface area contributed by atoms with E-state index in [9.17, 15) is 4.79 Å². The number of benzene rings is 1. The first kappa shape index (κ1) is 12.5. The molecule has 1 aromatic carbocycles. The van der Waals surface area contributed by atoms with Crippen molar-refractivity contribution in [2.45, 2.75) is 19.2 Å². The Hall–Kier alpha value is -1.53. The van der Waals surface area contributed by atoms with Gasteiger partial charge in [0, 0.05) is 5.88 Å². The maximum absolute atomic E-state index is 11.5. The van der Waals surface area contributed by atoms with Crippen molar-refractivity contribution in [3.63, 3.8) is 0 Å². The minimum absolute atomic E-state index is 0.261. The van der Waals surface area contributed by atoms with Gasteiger partial charge in [0.15, 0.2) is 0 Å². The molecule has 0 saturated carbocycles. The molecule has 0 radical (unpaired) electrons. The van der Waals surface area contributed by atoms with Gasteiger partial charge < -0.3 is 4.74 Å². The molecule has 0 aliphatic rings. The Labute approximate surface area is 99.6 Å². The lowest BCUT2D eigenvalue weighted by atomic mass is 9.95. The predicted octanol–water partition coefficient (Wildman–Crippen LogP) is 2.65. The van der Waals surface area contributed by atoms with E-state index < -0.39 is 5.97 Å². The number of esters is 1. The van der Waals surface area contributed by atoms with E-state index >= 15 is 0 Å². The van der Waals surface area contributed by atoms with Crippen LogP contribution in [0.25, 0.3) is 0 Å². The lowest BCUT2D eigenvalue weighted by Gasteiger charge is -2.10. The molecular formula is C12H12ClNO2. The Bertz CT molecular complexity index is 449. The number of alkyl halides is 1. The van der Waals surface area contributed by atoms with Gasteiger partial charge in [-0.3, -0.25) is 0 Å². The van der Waals surface area contributed by atoms with E-state index in [-0.39, 0.29) is 5.88 Å². The molecule has 0 fully saturated rings. The van der Waals surface area contributed by atoms with E-state index in [1.165, 1.54) is 7.11 Å². The normalized spacial score (nSPS) is 9.62. The predicted molar refractivity (Wildman–Crippen MR) is 61.4 cm³/mol. The van der Waals surface area contributed by atoms with Crippen LogP contribution in [0.2, 0.25) is 0 Å². The molecule has 84 valence electrons. The van der Waals surface area contributed by atoms with Crippen LogP contribution in [0.5, 0.6) is 0 Å². The van der Waals surface area contributed by atoms with Crippen LogP contribution in [0.15, 0.2) is 12.1 Å². The molecule has 0 amide bonds. The molecule has 0 saturated heterocycles. The molecule has 0 atom stereocenters. The molecule has 1 aromatic rings. The largest absolute Gasteiger partial charge is 0.465 e. The van der Waals surface area contributed by atoms with Crippen LogP contribution in [-0.2, 0) is 17.0 Å². The highest BCUT2D eigenvalue weighted by Gasteiger charge is 2.16. The van der Waals surface area contributed by atoms with E-state index in [1.54, 1.807) is 12.1 Å². The number of hydrogen-bond donors (Lipinski definition) is 0. The zero-order valence-electron chi connectivity index (χ0n) is 9.21. The van der Waals surface area contributed by atoms with Gasteiger partial charge in [0.2, 0.25) is 0 Å². The fourth-order valence-corrected chi connectivity index (χ4v) is 1.84. The summed E-state index contributed by atoms with van der Waals surface area (Å²) in [5.41, 5.74) is 2.37. The molecule has 0 aromatic heterocycles. The Morgan fingerprint density at radius 1 is 1.56 bits per heavy atom. The van der Waals surface area contributed by atoms with Crippen LogP contribution in [0, 0.1) is 11.3 Å². The summed E-state index contributed by atoms with van der Waals surface area (Å²) < 4.78 is 4.67. The SMILES string of the molecule is CCc1c(C(=O)OC)ccc(CCl)c1C#N. The van der Waals surface area contributed by atoms with Crippen LogP contribution in [0.1, 0.15) is 34.0 Å². The molecule has 0 bridgehead atoms. The zero-order chi connectivity index (χ0) is 12.1. The average Bonchev–Trinajstić information content (AvgIpc) is 2.35. The second-order valence-corrected chi connectivity index (χ2v) is 3.48. The maximum Gasteiger partial charge on any atom is 0.338 e. The van der Waals surface area contributed by atoms with Gasteiger partial charge in [-0.2, -0.15) is 5.26 Å². The minimum Gasteiger partial charge on any atom is -0.465 e. The Balaban J connectivity index is 3.44. The van der Waals surface area contributed by atoms with Crippen molar-refractivity contribution in [1.29, 1.82) is 5.26 Å². The van der Waals surface area contributed by atoms with E-state index in [0.29, 0.717) is 23.1 Å². The fourth-order valence-electron chi connectivity index (χ4n) is 1.62. The van der Waals surface area contributed by atoms with Crippen LogP contribution >= 0.6 is 11.6 Å². The van der Waals surface area contributed by atoms with Crippen molar-refractivity contribution in [2.75, 3.05) is 7.11 Å². The van der Waals surface area contributed by atoms with Gasteiger partial charge in [0.1, 0.15) is 0 Å². The van der Waals surface area contributed by atoms with Gasteiger partial charge in [0.25, 0.3) is 0 Å². The standard InChI is InChI=1S/C12H12ClNO2/c1-3-9-10(12(15)16-2)5-4-8(6-13)11(9)7-14/h4-5H,3,6H2,1-2H3. The topological polar surface area (TPSA) is 50.1 Å². The number of nitriles is 1. The Kier molecular flexibility index (Phi) is 4.33. The fraction of sp³-hybridized carbons (Fsp3) is 0.333. The maximum atomic E-state index is 11.5. The summed E-state index contributed by atoms with van der Waals surface area (Å²) >= 11 is 5.74. The Morgan fingerprint density at radius 3 is 2.69 bits per heavy atom. The van der Waals surface area contributed by atoms with Crippen LogP contribution in [0.4, 0.5) is 0 Å². The van der Waals surface area contributed by atoms with Crippen LogP contribution in [-0.4, -0.2) is 13.1 Å². The number of ether oxygens (including phenoxy) is 1. The smallest absolute Gasteiger partial charge is 0.338 e. The van der Waals surface area contributed by atoms with Gasteiger partial charge in [-0.15, -0.1) is 11.6 Å². The second kappa shape index (κ2) is 5.53. The monoisotopic (exact) mass is 237 g/mol. The van der Waals surface area contributed by atoms with Crippen molar-refractivity contribution in [1.82, 2.24) is 0 Å². The summed E-state index contributed by atoms with van der Waals surface area (Å²) in [5, 5.41) is 9.08. The summed E-state index contributed by atoms with van der Waals surface area (Å²) in [6.07, 6.45) is 0.595. The lowest BCUT2D eigenvalue weighted by Crippen LogP contribution is -2.08. The molecule has 0 spiro atoms. The third kappa shape index (κ3) is 2.17. The third-order valence-electron chi connectivity index (χ3n) is 2.41. The van der Waals surface area contributed by atoms with Crippen molar-refractivity contribution >= 4 is 17.6 Å². The van der Waals surface area contributed by atoms with Gasteiger partial charge in [0.05, 0.1) is 24.3 Å². The van der Waals surface area contributed by atoms with Crippen LogP contribution < -0.4 is 0 Å². The molecule has 0 aliphatic carbocycles. The molecule has 0 unspecified atom stereocenters. The van der Waals surface area contributed by atoms with Crippen molar-refractivity contribution in [2.24, 2.45) is 0 Å². The third-order valence-corrected chi connectivity index (χ3v) is 2.70. The minimum atomic E-state index is -0.422. The Morgan fingerprint density at radius 2 is 2.25 bits per heavy atom. The van der Waals surface area contributed by atoms with Gasteiger partial charge in [-0.25, -0.2) is 4.79 Å². The molecule has 3 nitrogen and oxygen atoms in total. The van der Waals surface area contributed by atoms with E-state index in [4.69, 9.17) is 16.9 Å².